The van der Waals surface area contributed by atoms with Crippen molar-refractivity contribution in [3.05, 3.63) is 57.2 Å². The molecule has 31 heavy (non-hydrogen) atoms. The first kappa shape index (κ1) is 19.9. The molecule has 0 bridgehead atoms. The molecule has 0 radical (unpaired) electrons. The van der Waals surface area contributed by atoms with Gasteiger partial charge in [-0.05, 0) is 38.0 Å². The number of nitrogens with one attached hydrogen (secondary N) is 1. The lowest BCUT2D eigenvalue weighted by molar-refractivity contribution is -0.114. The van der Waals surface area contributed by atoms with Crippen LogP contribution in [0.15, 0.2) is 40.3 Å². The van der Waals surface area contributed by atoms with Gasteiger partial charge in [-0.3, -0.25) is 14.2 Å². The van der Waals surface area contributed by atoms with E-state index in [-0.39, 0.29) is 11.5 Å². The zero-order chi connectivity index (χ0) is 21.5. The van der Waals surface area contributed by atoms with Crippen molar-refractivity contribution in [3.8, 4) is 5.69 Å². The standard InChI is InChI=1S/C20H19N7O2S2/c1-11(28)21-14-4-3-5-16(8-14)26-18(13-6-7-13)23-24-20(26)30-10-15-9-17(29)27-19(22-15)31-12(2)25-27/h3-5,8-9,13H,6-7,10H2,1-2H3,(H,21,28). The molecule has 9 nitrogen and oxygen atoms in total. The van der Waals surface area contributed by atoms with E-state index in [4.69, 9.17) is 0 Å². The molecule has 1 amide bonds. The molecule has 0 atom stereocenters. The van der Waals surface area contributed by atoms with E-state index in [0.717, 1.165) is 40.2 Å². The Balaban J connectivity index is 1.47. The van der Waals surface area contributed by atoms with Crippen LogP contribution in [0.5, 0.6) is 0 Å². The number of fused-ring (bicyclic) bond motifs is 1. The van der Waals surface area contributed by atoms with Crippen molar-refractivity contribution < 1.29 is 4.79 Å². The average Bonchev–Trinajstić information content (AvgIpc) is 3.36. The Bertz CT molecular complexity index is 1350. The van der Waals surface area contributed by atoms with Gasteiger partial charge in [0, 0.05) is 30.3 Å². The normalized spacial score (nSPS) is 13.6. The summed E-state index contributed by atoms with van der Waals surface area (Å²) in [5.74, 6) is 1.68. The summed E-state index contributed by atoms with van der Waals surface area (Å²) in [6.45, 7) is 3.34. The number of nitrogens with zero attached hydrogens (tertiary/aromatic N) is 6. The highest BCUT2D eigenvalue weighted by Gasteiger charge is 2.31. The summed E-state index contributed by atoms with van der Waals surface area (Å²) < 4.78 is 3.37. The van der Waals surface area contributed by atoms with E-state index < -0.39 is 0 Å². The third kappa shape index (κ3) is 4.10. The van der Waals surface area contributed by atoms with Crippen molar-refractivity contribution in [3.63, 3.8) is 0 Å². The molecule has 5 rings (SSSR count). The minimum atomic E-state index is -0.187. The highest BCUT2D eigenvalue weighted by atomic mass is 32.2. The molecule has 0 unspecified atom stereocenters. The van der Waals surface area contributed by atoms with Gasteiger partial charge in [0.15, 0.2) is 5.16 Å². The van der Waals surface area contributed by atoms with Crippen molar-refractivity contribution in [1.82, 2.24) is 29.4 Å². The Morgan fingerprint density at radius 3 is 2.90 bits per heavy atom. The summed E-state index contributed by atoms with van der Waals surface area (Å²) in [7, 11) is 0. The van der Waals surface area contributed by atoms with Gasteiger partial charge in [0.05, 0.1) is 11.4 Å². The van der Waals surface area contributed by atoms with Crippen LogP contribution in [0.2, 0.25) is 0 Å². The number of hydrogen-bond acceptors (Lipinski definition) is 8. The minimum Gasteiger partial charge on any atom is -0.326 e. The van der Waals surface area contributed by atoms with Gasteiger partial charge in [0.1, 0.15) is 10.8 Å². The number of rotatable bonds is 6. The second-order valence-corrected chi connectivity index (χ2v) is 9.47. The van der Waals surface area contributed by atoms with E-state index in [9.17, 15) is 9.59 Å². The average molecular weight is 454 g/mol. The largest absolute Gasteiger partial charge is 0.326 e. The molecule has 0 spiro atoms. The number of thioether (sulfide) groups is 1. The van der Waals surface area contributed by atoms with Gasteiger partial charge in [0.2, 0.25) is 10.9 Å². The number of carbonyl (C=O) groups excluding carboxylic acids is 1. The maximum Gasteiger partial charge on any atom is 0.275 e. The molecule has 1 fully saturated rings. The van der Waals surface area contributed by atoms with Gasteiger partial charge in [-0.25, -0.2) is 4.98 Å². The molecule has 1 aromatic carbocycles. The highest BCUT2D eigenvalue weighted by molar-refractivity contribution is 7.98. The lowest BCUT2D eigenvalue weighted by Crippen LogP contribution is -2.15. The first-order valence-corrected chi connectivity index (χ1v) is 11.6. The molecule has 1 saturated carbocycles. The van der Waals surface area contributed by atoms with Gasteiger partial charge in [0.25, 0.3) is 5.56 Å². The topological polar surface area (TPSA) is 107 Å². The van der Waals surface area contributed by atoms with Crippen LogP contribution in [0.1, 0.15) is 42.2 Å². The Morgan fingerprint density at radius 2 is 2.13 bits per heavy atom. The third-order valence-corrected chi connectivity index (χ3v) is 6.56. The second kappa shape index (κ2) is 7.89. The van der Waals surface area contributed by atoms with Crippen LogP contribution in [0.3, 0.4) is 0 Å². The molecule has 3 heterocycles. The van der Waals surface area contributed by atoms with Crippen molar-refractivity contribution >= 4 is 39.7 Å². The number of amides is 1. The summed E-state index contributed by atoms with van der Waals surface area (Å²) in [5, 5.41) is 17.4. The van der Waals surface area contributed by atoms with Gasteiger partial charge in [-0.1, -0.05) is 29.2 Å². The maximum absolute atomic E-state index is 12.3. The van der Waals surface area contributed by atoms with E-state index in [0.29, 0.717) is 22.3 Å². The van der Waals surface area contributed by atoms with Crippen LogP contribution in [0.4, 0.5) is 5.69 Å². The van der Waals surface area contributed by atoms with Crippen molar-refractivity contribution in [1.29, 1.82) is 0 Å². The monoisotopic (exact) mass is 453 g/mol. The van der Waals surface area contributed by atoms with E-state index in [2.05, 4.69) is 25.6 Å². The summed E-state index contributed by atoms with van der Waals surface area (Å²) in [6.07, 6.45) is 2.18. The molecular weight excluding hydrogens is 434 g/mol. The van der Waals surface area contributed by atoms with Crippen LogP contribution in [0.25, 0.3) is 10.6 Å². The van der Waals surface area contributed by atoms with E-state index in [1.54, 1.807) is 0 Å². The SMILES string of the molecule is CC(=O)Nc1cccc(-n2c(SCc3cc(=O)n4nc(C)sc4n3)nnc2C2CC2)c1. The fourth-order valence-corrected chi connectivity index (χ4v) is 4.93. The third-order valence-electron chi connectivity index (χ3n) is 4.77. The predicted molar refractivity (Wildman–Crippen MR) is 119 cm³/mol. The molecule has 4 aromatic rings. The molecule has 1 aliphatic carbocycles. The zero-order valence-corrected chi connectivity index (χ0v) is 18.5. The summed E-state index contributed by atoms with van der Waals surface area (Å²) in [6, 6.07) is 9.15. The zero-order valence-electron chi connectivity index (χ0n) is 16.9. The number of anilines is 1. The molecule has 1 aliphatic rings. The second-order valence-electron chi connectivity index (χ2n) is 7.37. The highest BCUT2D eigenvalue weighted by Crippen LogP contribution is 2.41. The molecule has 11 heteroatoms. The van der Waals surface area contributed by atoms with Crippen LogP contribution >= 0.6 is 23.1 Å². The molecule has 0 aliphatic heterocycles. The van der Waals surface area contributed by atoms with Crippen LogP contribution in [-0.4, -0.2) is 35.3 Å². The number of aryl methyl sites for hydroxylation is 1. The quantitative estimate of drug-likeness (QED) is 0.447. The van der Waals surface area contributed by atoms with Crippen molar-refractivity contribution in [2.45, 2.75) is 43.5 Å². The Hall–Kier alpha value is -3.05. The number of benzene rings is 1. The molecule has 3 aromatic heterocycles. The summed E-state index contributed by atoms with van der Waals surface area (Å²) >= 11 is 2.87. The predicted octanol–water partition coefficient (Wildman–Crippen LogP) is 3.17. The maximum atomic E-state index is 12.3. The van der Waals surface area contributed by atoms with Crippen LogP contribution in [-0.2, 0) is 10.5 Å². The first-order chi connectivity index (χ1) is 15.0. The fourth-order valence-electron chi connectivity index (χ4n) is 3.31. The Labute approximate surface area is 185 Å². The number of hydrogen-bond donors (Lipinski definition) is 1. The van der Waals surface area contributed by atoms with Crippen molar-refractivity contribution in [2.75, 3.05) is 5.32 Å². The lowest BCUT2D eigenvalue weighted by Gasteiger charge is -2.11. The van der Waals surface area contributed by atoms with Gasteiger partial charge in [-0.15, -0.1) is 10.2 Å². The van der Waals surface area contributed by atoms with Gasteiger partial charge < -0.3 is 5.32 Å². The van der Waals surface area contributed by atoms with E-state index in [1.165, 1.54) is 40.6 Å². The van der Waals surface area contributed by atoms with Gasteiger partial charge >= 0.3 is 0 Å². The lowest BCUT2D eigenvalue weighted by atomic mass is 10.2. The molecule has 1 N–H and O–H groups in total. The fraction of sp³-hybridized carbons (Fsp3) is 0.300. The van der Waals surface area contributed by atoms with Crippen LogP contribution in [0, 0.1) is 6.92 Å². The number of carbonyl (C=O) groups is 1. The van der Waals surface area contributed by atoms with Crippen LogP contribution < -0.4 is 10.9 Å². The summed E-state index contributed by atoms with van der Waals surface area (Å²) in [4.78, 5) is 28.9. The van der Waals surface area contributed by atoms with Gasteiger partial charge in [-0.2, -0.15) is 9.61 Å². The molecule has 0 saturated heterocycles. The number of aromatic nitrogens is 6. The Morgan fingerprint density at radius 1 is 1.29 bits per heavy atom. The molecular formula is C20H19N7O2S2. The van der Waals surface area contributed by atoms with E-state index >= 15 is 0 Å². The smallest absolute Gasteiger partial charge is 0.275 e. The molecule has 158 valence electrons. The first-order valence-electron chi connectivity index (χ1n) is 9.80. The van der Waals surface area contributed by atoms with E-state index in [1.807, 2.05) is 35.8 Å². The summed E-state index contributed by atoms with van der Waals surface area (Å²) in [5.41, 5.74) is 2.10. The Kier molecular flexibility index (Phi) is 5.06. The minimum absolute atomic E-state index is 0.121. The van der Waals surface area contributed by atoms with Crippen molar-refractivity contribution in [2.24, 2.45) is 0 Å².